The predicted octanol–water partition coefficient (Wildman–Crippen LogP) is 5.85. The molecule has 0 aliphatic heterocycles. The Morgan fingerprint density at radius 1 is 0.879 bits per heavy atom. The molecule has 3 rings (SSSR count). The second-order valence-corrected chi connectivity index (χ2v) is 7.35. The molecule has 0 amide bonds. The van der Waals surface area contributed by atoms with Crippen LogP contribution in [0.15, 0.2) is 84.9 Å². The largest absolute Gasteiger partial charge is 0.490 e. The van der Waals surface area contributed by atoms with Gasteiger partial charge in [0.2, 0.25) is 0 Å². The molecule has 0 spiro atoms. The normalized spacial score (nSPS) is 12.3. The van der Waals surface area contributed by atoms with Crippen molar-refractivity contribution in [1.82, 2.24) is 0 Å². The first-order valence-electron chi connectivity index (χ1n) is 11.1. The molecule has 5 heteroatoms. The Balaban J connectivity index is 1.67. The average Bonchev–Trinajstić information content (AvgIpc) is 2.84. The summed E-state index contributed by atoms with van der Waals surface area (Å²) in [7, 11) is 0. The van der Waals surface area contributed by atoms with E-state index in [0.29, 0.717) is 32.0 Å². The summed E-state index contributed by atoms with van der Waals surface area (Å²) < 4.78 is 29.9. The van der Waals surface area contributed by atoms with E-state index in [1.165, 1.54) is 12.1 Å². The number of benzene rings is 3. The lowest BCUT2D eigenvalue weighted by Gasteiger charge is -2.15. The summed E-state index contributed by atoms with van der Waals surface area (Å²) in [6.45, 7) is 4.75. The molecule has 0 heterocycles. The molecule has 1 atom stereocenters. The van der Waals surface area contributed by atoms with Crippen LogP contribution in [0.4, 0.5) is 4.39 Å². The van der Waals surface area contributed by atoms with Crippen LogP contribution in [0.5, 0.6) is 5.75 Å². The molecule has 0 aromatic heterocycles. The molecule has 172 valence electrons. The van der Waals surface area contributed by atoms with Crippen LogP contribution < -0.4 is 4.74 Å². The van der Waals surface area contributed by atoms with Crippen molar-refractivity contribution in [3.05, 3.63) is 107 Å². The van der Waals surface area contributed by atoms with E-state index in [-0.39, 0.29) is 11.8 Å². The molecular weight excluding hydrogens is 419 g/mol. The number of hydrogen-bond acceptors (Lipinski definition) is 4. The van der Waals surface area contributed by atoms with E-state index >= 15 is 0 Å². The van der Waals surface area contributed by atoms with E-state index in [0.717, 1.165) is 22.3 Å². The van der Waals surface area contributed by atoms with Gasteiger partial charge in [-0.3, -0.25) is 0 Å². The maximum Gasteiger partial charge on any atom is 0.335 e. The lowest BCUT2D eigenvalue weighted by molar-refractivity contribution is -0.156. The number of ether oxygens (including phenoxy) is 3. The van der Waals surface area contributed by atoms with Gasteiger partial charge in [0.05, 0.1) is 6.61 Å². The minimum atomic E-state index is -0.617. The summed E-state index contributed by atoms with van der Waals surface area (Å²) in [6.07, 6.45) is 1.81. The highest BCUT2D eigenvalue weighted by Crippen LogP contribution is 2.24. The van der Waals surface area contributed by atoms with E-state index in [1.54, 1.807) is 19.1 Å². The molecule has 0 aliphatic rings. The monoisotopic (exact) mass is 448 g/mol. The molecule has 0 saturated heterocycles. The summed E-state index contributed by atoms with van der Waals surface area (Å²) in [4.78, 5) is 12.1. The fourth-order valence-corrected chi connectivity index (χ4v) is 3.45. The van der Waals surface area contributed by atoms with Crippen LogP contribution in [0, 0.1) is 5.82 Å². The first kappa shape index (κ1) is 24.2. The summed E-state index contributed by atoms with van der Waals surface area (Å²) in [5, 5.41) is 0. The molecule has 4 nitrogen and oxygen atoms in total. The second-order valence-electron chi connectivity index (χ2n) is 7.35. The standard InChI is InChI=1S/C28H29FO4/c1-3-31-27(28(30)32-4-2)20-21-10-16-25(17-11-21)33-19-18-26(22-8-6-5-7-9-22)23-12-14-24(29)15-13-23/h5-18,27H,3-4,19-20H2,1-2H3/b26-18-/t27-/m0/s1. The third kappa shape index (κ3) is 7.29. The number of rotatable bonds is 11. The Morgan fingerprint density at radius 3 is 2.18 bits per heavy atom. The molecule has 3 aromatic rings. The Bertz CT molecular complexity index is 1030. The molecule has 0 radical (unpaired) electrons. The maximum atomic E-state index is 13.4. The Labute approximate surface area is 194 Å². The lowest BCUT2D eigenvalue weighted by Crippen LogP contribution is -2.28. The zero-order chi connectivity index (χ0) is 23.5. The molecule has 0 bridgehead atoms. The van der Waals surface area contributed by atoms with Crippen molar-refractivity contribution in [2.24, 2.45) is 0 Å². The van der Waals surface area contributed by atoms with Crippen LogP contribution in [-0.4, -0.2) is 31.9 Å². The summed E-state index contributed by atoms with van der Waals surface area (Å²) in [6, 6.07) is 24.0. The van der Waals surface area contributed by atoms with E-state index in [1.807, 2.05) is 67.6 Å². The van der Waals surface area contributed by atoms with E-state index in [9.17, 15) is 9.18 Å². The Hall–Kier alpha value is -3.44. The Morgan fingerprint density at radius 2 is 1.55 bits per heavy atom. The van der Waals surface area contributed by atoms with Gasteiger partial charge in [0.1, 0.15) is 18.2 Å². The van der Waals surface area contributed by atoms with Crippen LogP contribution in [-0.2, 0) is 20.7 Å². The highest BCUT2D eigenvalue weighted by molar-refractivity contribution is 5.79. The third-order valence-corrected chi connectivity index (χ3v) is 5.04. The van der Waals surface area contributed by atoms with Crippen molar-refractivity contribution in [2.45, 2.75) is 26.4 Å². The fraction of sp³-hybridized carbons (Fsp3) is 0.250. The van der Waals surface area contributed by atoms with Crippen LogP contribution >= 0.6 is 0 Å². The van der Waals surface area contributed by atoms with Gasteiger partial charge in [0.25, 0.3) is 0 Å². The van der Waals surface area contributed by atoms with Gasteiger partial charge in [-0.15, -0.1) is 0 Å². The minimum absolute atomic E-state index is 0.267. The first-order chi connectivity index (χ1) is 16.1. The van der Waals surface area contributed by atoms with E-state index in [4.69, 9.17) is 14.2 Å². The molecule has 0 fully saturated rings. The van der Waals surface area contributed by atoms with Gasteiger partial charge in [0, 0.05) is 13.0 Å². The molecule has 0 unspecified atom stereocenters. The van der Waals surface area contributed by atoms with Gasteiger partial charge < -0.3 is 14.2 Å². The SMILES string of the molecule is CCOC(=O)[C@H](Cc1ccc(OC/C=C(/c2ccccc2)c2ccc(F)cc2)cc1)OCC. The molecule has 0 aliphatic carbocycles. The lowest BCUT2D eigenvalue weighted by atomic mass is 9.98. The minimum Gasteiger partial charge on any atom is -0.490 e. The Kier molecular flexibility index (Phi) is 9.21. The predicted molar refractivity (Wildman–Crippen MR) is 128 cm³/mol. The van der Waals surface area contributed by atoms with Crippen LogP contribution in [0.3, 0.4) is 0 Å². The topological polar surface area (TPSA) is 44.8 Å². The molecule has 0 N–H and O–H groups in total. The van der Waals surface area contributed by atoms with Crippen molar-refractivity contribution in [1.29, 1.82) is 0 Å². The molecule has 3 aromatic carbocycles. The zero-order valence-electron chi connectivity index (χ0n) is 19.0. The van der Waals surface area contributed by atoms with Gasteiger partial charge in [-0.1, -0.05) is 54.6 Å². The highest BCUT2D eigenvalue weighted by Gasteiger charge is 2.20. The molecule has 0 saturated carbocycles. The van der Waals surface area contributed by atoms with E-state index < -0.39 is 6.10 Å². The average molecular weight is 449 g/mol. The summed E-state index contributed by atoms with van der Waals surface area (Å²) in [5.41, 5.74) is 3.88. The maximum absolute atomic E-state index is 13.4. The van der Waals surface area contributed by atoms with Crippen molar-refractivity contribution < 1.29 is 23.4 Å². The van der Waals surface area contributed by atoms with Crippen molar-refractivity contribution in [3.8, 4) is 5.75 Å². The van der Waals surface area contributed by atoms with Crippen molar-refractivity contribution in [3.63, 3.8) is 0 Å². The number of esters is 1. The van der Waals surface area contributed by atoms with Crippen LogP contribution in [0.2, 0.25) is 0 Å². The van der Waals surface area contributed by atoms with E-state index in [2.05, 4.69) is 0 Å². The quantitative estimate of drug-likeness (QED) is 0.345. The zero-order valence-corrected chi connectivity index (χ0v) is 19.0. The van der Waals surface area contributed by atoms with Gasteiger partial charge in [-0.05, 0) is 66.5 Å². The summed E-state index contributed by atoms with van der Waals surface area (Å²) >= 11 is 0. The third-order valence-electron chi connectivity index (χ3n) is 5.04. The smallest absolute Gasteiger partial charge is 0.335 e. The van der Waals surface area contributed by atoms with Gasteiger partial charge in [0.15, 0.2) is 6.10 Å². The number of halogens is 1. The van der Waals surface area contributed by atoms with Gasteiger partial charge >= 0.3 is 5.97 Å². The molecule has 33 heavy (non-hydrogen) atoms. The van der Waals surface area contributed by atoms with Gasteiger partial charge in [-0.2, -0.15) is 0 Å². The number of hydrogen-bond donors (Lipinski definition) is 0. The fourth-order valence-electron chi connectivity index (χ4n) is 3.45. The second kappa shape index (κ2) is 12.6. The highest BCUT2D eigenvalue weighted by atomic mass is 19.1. The van der Waals surface area contributed by atoms with Crippen molar-refractivity contribution in [2.75, 3.05) is 19.8 Å². The number of carbonyl (C=O) groups excluding carboxylic acids is 1. The van der Waals surface area contributed by atoms with Gasteiger partial charge in [-0.25, -0.2) is 9.18 Å². The first-order valence-corrected chi connectivity index (χ1v) is 11.1. The summed E-state index contributed by atoms with van der Waals surface area (Å²) in [5.74, 6) is 0.0988. The van der Waals surface area contributed by atoms with Crippen molar-refractivity contribution >= 4 is 11.5 Å². The molecular formula is C28H29FO4. The number of carbonyl (C=O) groups is 1. The van der Waals surface area contributed by atoms with Crippen LogP contribution in [0.1, 0.15) is 30.5 Å². The van der Waals surface area contributed by atoms with Crippen LogP contribution in [0.25, 0.3) is 5.57 Å².